The Morgan fingerprint density at radius 1 is 1.47 bits per heavy atom. The van der Waals surface area contributed by atoms with Crippen LogP contribution in [0.25, 0.3) is 6.08 Å². The van der Waals surface area contributed by atoms with E-state index in [2.05, 4.69) is 54.9 Å². The molecule has 3 heteroatoms. The first-order valence-corrected chi connectivity index (χ1v) is 6.62. The van der Waals surface area contributed by atoms with E-state index >= 15 is 0 Å². The molecule has 1 N–H and O–H groups in total. The molecule has 0 unspecified atom stereocenters. The van der Waals surface area contributed by atoms with Crippen molar-refractivity contribution in [3.8, 4) is 0 Å². The Morgan fingerprint density at radius 2 is 2.24 bits per heavy atom. The molecule has 0 saturated heterocycles. The molecule has 0 saturated carbocycles. The number of nitrogens with zero attached hydrogens (tertiary/aromatic N) is 2. The molecule has 0 aromatic carbocycles. The van der Waals surface area contributed by atoms with Crippen LogP contribution in [0, 0.1) is 5.92 Å². The lowest BCUT2D eigenvalue weighted by Gasteiger charge is -2.12. The lowest BCUT2D eigenvalue weighted by molar-refractivity contribution is 0.596. The molecule has 1 heterocycles. The highest BCUT2D eigenvalue weighted by molar-refractivity contribution is 5.50. The molecule has 96 valence electrons. The summed E-state index contributed by atoms with van der Waals surface area (Å²) in [6.45, 7) is 11.8. The van der Waals surface area contributed by atoms with Crippen LogP contribution < -0.4 is 5.32 Å². The minimum absolute atomic E-state index is 0.569. The Bertz CT molecular complexity index is 350. The fourth-order valence-corrected chi connectivity index (χ4v) is 1.75. The van der Waals surface area contributed by atoms with Crippen LogP contribution in [0.15, 0.2) is 17.8 Å². The van der Waals surface area contributed by atoms with Gasteiger partial charge < -0.3 is 5.32 Å². The maximum atomic E-state index is 4.35. The monoisotopic (exact) mass is 235 g/mol. The van der Waals surface area contributed by atoms with Crippen molar-refractivity contribution in [2.24, 2.45) is 5.92 Å². The number of nitrogens with one attached hydrogen (secondary N) is 1. The Morgan fingerprint density at radius 3 is 2.82 bits per heavy atom. The molecule has 0 spiro atoms. The van der Waals surface area contributed by atoms with Gasteiger partial charge >= 0.3 is 0 Å². The summed E-state index contributed by atoms with van der Waals surface area (Å²) in [5.41, 5.74) is 2.65. The highest BCUT2D eigenvalue weighted by atomic mass is 15.3. The van der Waals surface area contributed by atoms with E-state index in [1.807, 2.05) is 6.20 Å². The van der Waals surface area contributed by atoms with Crippen LogP contribution in [0.2, 0.25) is 0 Å². The minimum atomic E-state index is 0.569. The predicted octanol–water partition coefficient (Wildman–Crippen LogP) is 2.94. The van der Waals surface area contributed by atoms with Gasteiger partial charge in [-0.1, -0.05) is 33.3 Å². The zero-order chi connectivity index (χ0) is 12.7. The second kappa shape index (κ2) is 7.28. The molecule has 0 radical (unpaired) electrons. The van der Waals surface area contributed by atoms with Gasteiger partial charge in [-0.05, 0) is 31.0 Å². The van der Waals surface area contributed by atoms with Crippen molar-refractivity contribution in [2.75, 3.05) is 13.1 Å². The van der Waals surface area contributed by atoms with Gasteiger partial charge in [0.05, 0.1) is 5.69 Å². The standard InChI is InChI=1S/C14H25N3/c1-5-9-17-14(7-8-16-17)10-13(12(3)4)11-15-6-2/h7-8,10,12,15H,5-6,9,11H2,1-4H3/b13-10-. The van der Waals surface area contributed by atoms with E-state index in [0.29, 0.717) is 5.92 Å². The van der Waals surface area contributed by atoms with Gasteiger partial charge in [0, 0.05) is 19.3 Å². The molecule has 1 rings (SSSR count). The first-order valence-electron chi connectivity index (χ1n) is 6.62. The number of aryl methyl sites for hydroxylation is 1. The largest absolute Gasteiger partial charge is 0.313 e. The molecule has 0 atom stereocenters. The van der Waals surface area contributed by atoms with E-state index in [1.54, 1.807) is 0 Å². The fourth-order valence-electron chi connectivity index (χ4n) is 1.75. The van der Waals surface area contributed by atoms with Crippen molar-refractivity contribution < 1.29 is 0 Å². The number of rotatable bonds is 7. The SMILES string of the molecule is CCCn1nccc1/C=C(/CNCC)C(C)C. The molecule has 1 aromatic rings. The van der Waals surface area contributed by atoms with Crippen LogP contribution >= 0.6 is 0 Å². The molecule has 0 amide bonds. The lowest BCUT2D eigenvalue weighted by Crippen LogP contribution is -2.18. The van der Waals surface area contributed by atoms with E-state index in [9.17, 15) is 0 Å². The number of likely N-dealkylation sites (N-methyl/N-ethyl adjacent to an activating group) is 1. The van der Waals surface area contributed by atoms with E-state index in [0.717, 1.165) is 26.1 Å². The third-order valence-corrected chi connectivity index (χ3v) is 2.84. The maximum Gasteiger partial charge on any atom is 0.0609 e. The maximum absolute atomic E-state index is 4.35. The summed E-state index contributed by atoms with van der Waals surface area (Å²) in [6.07, 6.45) is 5.27. The first-order chi connectivity index (χ1) is 8.19. The van der Waals surface area contributed by atoms with Crippen LogP contribution in [-0.2, 0) is 6.54 Å². The zero-order valence-corrected chi connectivity index (χ0v) is 11.5. The minimum Gasteiger partial charge on any atom is -0.313 e. The molecule has 0 fully saturated rings. The van der Waals surface area contributed by atoms with Crippen LogP contribution in [0.4, 0.5) is 0 Å². The summed E-state index contributed by atoms with van der Waals surface area (Å²) in [7, 11) is 0. The fraction of sp³-hybridized carbons (Fsp3) is 0.643. The Labute approximate surface area is 105 Å². The summed E-state index contributed by atoms with van der Waals surface area (Å²) in [5.74, 6) is 0.569. The van der Waals surface area contributed by atoms with Crippen molar-refractivity contribution in [3.63, 3.8) is 0 Å². The average Bonchev–Trinajstić information content (AvgIpc) is 2.72. The summed E-state index contributed by atoms with van der Waals surface area (Å²) in [4.78, 5) is 0. The molecular formula is C14H25N3. The number of hydrogen-bond acceptors (Lipinski definition) is 2. The van der Waals surface area contributed by atoms with E-state index in [-0.39, 0.29) is 0 Å². The molecule has 1 aromatic heterocycles. The highest BCUT2D eigenvalue weighted by Crippen LogP contribution is 2.14. The van der Waals surface area contributed by atoms with Crippen molar-refractivity contribution in [1.29, 1.82) is 0 Å². The normalized spacial score (nSPS) is 12.4. The molecule has 0 aliphatic heterocycles. The van der Waals surface area contributed by atoms with Gasteiger partial charge in [0.15, 0.2) is 0 Å². The first kappa shape index (κ1) is 14.0. The van der Waals surface area contributed by atoms with Gasteiger partial charge in [0.2, 0.25) is 0 Å². The summed E-state index contributed by atoms with van der Waals surface area (Å²) in [5, 5.41) is 7.75. The third-order valence-electron chi connectivity index (χ3n) is 2.84. The van der Waals surface area contributed by atoms with Crippen LogP contribution in [0.5, 0.6) is 0 Å². The van der Waals surface area contributed by atoms with Crippen LogP contribution in [0.1, 0.15) is 39.8 Å². The van der Waals surface area contributed by atoms with Crippen molar-refractivity contribution in [2.45, 2.75) is 40.7 Å². The van der Waals surface area contributed by atoms with Crippen LogP contribution in [0.3, 0.4) is 0 Å². The Kier molecular flexibility index (Phi) is 5.98. The van der Waals surface area contributed by atoms with E-state index < -0.39 is 0 Å². The van der Waals surface area contributed by atoms with Gasteiger partial charge in [0.25, 0.3) is 0 Å². The van der Waals surface area contributed by atoms with Gasteiger partial charge in [-0.3, -0.25) is 4.68 Å². The number of hydrogen-bond donors (Lipinski definition) is 1. The summed E-state index contributed by atoms with van der Waals surface area (Å²) >= 11 is 0. The van der Waals surface area contributed by atoms with Gasteiger partial charge in [-0.15, -0.1) is 0 Å². The lowest BCUT2D eigenvalue weighted by atomic mass is 10.0. The smallest absolute Gasteiger partial charge is 0.0609 e. The second-order valence-electron chi connectivity index (χ2n) is 4.63. The van der Waals surface area contributed by atoms with Gasteiger partial charge in [0.1, 0.15) is 0 Å². The molecule has 0 bridgehead atoms. The summed E-state index contributed by atoms with van der Waals surface area (Å²) < 4.78 is 2.08. The quantitative estimate of drug-likeness (QED) is 0.787. The Balaban J connectivity index is 2.83. The van der Waals surface area contributed by atoms with Crippen molar-refractivity contribution in [1.82, 2.24) is 15.1 Å². The Hall–Kier alpha value is -1.09. The molecule has 3 nitrogen and oxygen atoms in total. The summed E-state index contributed by atoms with van der Waals surface area (Å²) in [6, 6.07) is 2.09. The topological polar surface area (TPSA) is 29.9 Å². The molecule has 17 heavy (non-hydrogen) atoms. The van der Waals surface area contributed by atoms with E-state index in [4.69, 9.17) is 0 Å². The third kappa shape index (κ3) is 4.35. The average molecular weight is 235 g/mol. The van der Waals surface area contributed by atoms with Crippen LogP contribution in [-0.4, -0.2) is 22.9 Å². The van der Waals surface area contributed by atoms with Crippen molar-refractivity contribution in [3.05, 3.63) is 23.5 Å². The zero-order valence-electron chi connectivity index (χ0n) is 11.5. The van der Waals surface area contributed by atoms with Gasteiger partial charge in [-0.25, -0.2) is 0 Å². The predicted molar refractivity (Wildman–Crippen MR) is 73.9 cm³/mol. The molecule has 0 aliphatic rings. The van der Waals surface area contributed by atoms with Gasteiger partial charge in [-0.2, -0.15) is 5.10 Å². The van der Waals surface area contributed by atoms with Crippen molar-refractivity contribution >= 4 is 6.08 Å². The van der Waals surface area contributed by atoms with E-state index in [1.165, 1.54) is 11.3 Å². The number of aromatic nitrogens is 2. The molecule has 0 aliphatic carbocycles. The highest BCUT2D eigenvalue weighted by Gasteiger charge is 2.05. The molecular weight excluding hydrogens is 210 g/mol. The second-order valence-corrected chi connectivity index (χ2v) is 4.63.